The molecule has 2 aromatic rings. The molecule has 0 spiro atoms. The molecule has 1 unspecified atom stereocenters. The summed E-state index contributed by atoms with van der Waals surface area (Å²) >= 11 is 3.66. The monoisotopic (exact) mass is 335 g/mol. The summed E-state index contributed by atoms with van der Waals surface area (Å²) in [5.74, 6) is 0.184. The van der Waals surface area contributed by atoms with Gasteiger partial charge in [-0.05, 0) is 29.3 Å². The van der Waals surface area contributed by atoms with Crippen LogP contribution >= 0.6 is 22.7 Å². The van der Waals surface area contributed by atoms with E-state index in [1.807, 2.05) is 11.3 Å². The number of carbonyl (C=O) groups excluding carboxylic acids is 1. The molecule has 22 heavy (non-hydrogen) atoms. The molecule has 2 N–H and O–H groups in total. The van der Waals surface area contributed by atoms with E-state index >= 15 is 0 Å². The van der Waals surface area contributed by atoms with Crippen LogP contribution < -0.4 is 10.2 Å². The normalized spacial score (nSPS) is 20.6. The van der Waals surface area contributed by atoms with Gasteiger partial charge in [-0.1, -0.05) is 19.4 Å². The van der Waals surface area contributed by atoms with Crippen molar-refractivity contribution < 1.29 is 9.69 Å². The topological polar surface area (TPSA) is 33.5 Å². The van der Waals surface area contributed by atoms with Crippen molar-refractivity contribution in [3.8, 4) is 0 Å². The first-order valence-corrected chi connectivity index (χ1v) is 9.76. The molecule has 5 heteroatoms. The first kappa shape index (κ1) is 15.7. The number of rotatable bonds is 6. The Labute approximate surface area is 140 Å². The zero-order chi connectivity index (χ0) is 15.4. The van der Waals surface area contributed by atoms with Crippen LogP contribution in [0.25, 0.3) is 0 Å². The van der Waals surface area contributed by atoms with Gasteiger partial charge in [0.05, 0.1) is 11.4 Å². The number of carbonyl (C=O) groups is 1. The van der Waals surface area contributed by atoms with Gasteiger partial charge >= 0.3 is 0 Å². The van der Waals surface area contributed by atoms with E-state index in [0.717, 1.165) is 32.4 Å². The van der Waals surface area contributed by atoms with Crippen molar-refractivity contribution in [3.63, 3.8) is 0 Å². The summed E-state index contributed by atoms with van der Waals surface area (Å²) < 4.78 is 0. The molecular formula is C17H23N2OS2+. The predicted molar refractivity (Wildman–Crippen MR) is 92.8 cm³/mol. The lowest BCUT2D eigenvalue weighted by Crippen LogP contribution is -3.14. The van der Waals surface area contributed by atoms with Gasteiger partial charge in [0.2, 0.25) is 0 Å². The molecule has 2 atom stereocenters. The Bertz CT molecular complexity index is 606. The van der Waals surface area contributed by atoms with Crippen molar-refractivity contribution in [1.29, 1.82) is 0 Å². The second-order valence-corrected chi connectivity index (χ2v) is 7.77. The number of fused-ring (bicyclic) bond motifs is 1. The highest BCUT2D eigenvalue weighted by molar-refractivity contribution is 7.10. The summed E-state index contributed by atoms with van der Waals surface area (Å²) in [6.45, 7) is 4.56. The van der Waals surface area contributed by atoms with Gasteiger partial charge in [0.15, 0.2) is 6.54 Å². The van der Waals surface area contributed by atoms with E-state index in [1.165, 1.54) is 20.2 Å². The largest absolute Gasteiger partial charge is 0.351 e. The fourth-order valence-electron chi connectivity index (χ4n) is 3.12. The van der Waals surface area contributed by atoms with Crippen molar-refractivity contribution in [2.75, 3.05) is 19.6 Å². The Balaban J connectivity index is 1.74. The third kappa shape index (κ3) is 3.42. The second-order valence-electron chi connectivity index (χ2n) is 5.79. The van der Waals surface area contributed by atoms with Gasteiger partial charge in [-0.2, -0.15) is 0 Å². The molecule has 0 bridgehead atoms. The zero-order valence-corrected chi connectivity index (χ0v) is 14.6. The Morgan fingerprint density at radius 1 is 1.36 bits per heavy atom. The maximum atomic E-state index is 12.2. The Hall–Kier alpha value is -1.17. The Kier molecular flexibility index (Phi) is 5.28. The first-order chi connectivity index (χ1) is 10.8. The lowest BCUT2D eigenvalue weighted by atomic mass is 9.98. The van der Waals surface area contributed by atoms with Crippen LogP contribution in [0.1, 0.15) is 41.1 Å². The third-order valence-corrected chi connectivity index (χ3v) is 6.17. The predicted octanol–water partition coefficient (Wildman–Crippen LogP) is 2.26. The van der Waals surface area contributed by atoms with Crippen LogP contribution in [0.3, 0.4) is 0 Å². The van der Waals surface area contributed by atoms with Crippen molar-refractivity contribution >= 4 is 28.6 Å². The van der Waals surface area contributed by atoms with E-state index in [9.17, 15) is 4.79 Å². The highest BCUT2D eigenvalue weighted by atomic mass is 32.1. The lowest BCUT2D eigenvalue weighted by Gasteiger charge is -2.31. The van der Waals surface area contributed by atoms with Crippen LogP contribution in [0, 0.1) is 0 Å². The molecule has 0 aromatic carbocycles. The number of hydrogen-bond donors (Lipinski definition) is 2. The summed E-state index contributed by atoms with van der Waals surface area (Å²) in [5.41, 5.74) is 1.43. The molecule has 1 aliphatic heterocycles. The quantitative estimate of drug-likeness (QED) is 0.780. The number of thiophene rings is 2. The third-order valence-electron chi connectivity index (χ3n) is 4.24. The molecule has 0 fully saturated rings. The van der Waals surface area contributed by atoms with E-state index in [2.05, 4.69) is 41.2 Å². The minimum atomic E-state index is 0.184. The summed E-state index contributed by atoms with van der Waals surface area (Å²) in [6.07, 6.45) is 3.27. The van der Waals surface area contributed by atoms with Gasteiger partial charge in [-0.3, -0.25) is 4.79 Å². The average molecular weight is 336 g/mol. The Morgan fingerprint density at radius 3 is 3.05 bits per heavy atom. The van der Waals surface area contributed by atoms with Crippen LogP contribution in [-0.4, -0.2) is 25.5 Å². The number of nitrogens with one attached hydrogen (secondary N) is 2. The van der Waals surface area contributed by atoms with Crippen LogP contribution in [0.5, 0.6) is 0 Å². The molecule has 1 aliphatic rings. The molecule has 0 aliphatic carbocycles. The summed E-state index contributed by atoms with van der Waals surface area (Å²) in [5, 5.41) is 7.38. The zero-order valence-electron chi connectivity index (χ0n) is 12.9. The second kappa shape index (κ2) is 7.40. The molecule has 3 heterocycles. The molecule has 2 aromatic heterocycles. The van der Waals surface area contributed by atoms with Crippen molar-refractivity contribution in [2.24, 2.45) is 0 Å². The highest BCUT2D eigenvalue weighted by Crippen LogP contribution is 2.31. The van der Waals surface area contributed by atoms with Gasteiger partial charge in [0.1, 0.15) is 6.04 Å². The minimum Gasteiger partial charge on any atom is -0.351 e. The summed E-state index contributed by atoms with van der Waals surface area (Å²) in [7, 11) is 0. The van der Waals surface area contributed by atoms with Crippen LogP contribution in [-0.2, 0) is 11.2 Å². The number of unbranched alkanes of at least 4 members (excludes halogenated alkanes) is 1. The fraction of sp³-hybridized carbons (Fsp3) is 0.471. The van der Waals surface area contributed by atoms with Gasteiger partial charge in [-0.25, -0.2) is 0 Å². The van der Waals surface area contributed by atoms with Gasteiger partial charge < -0.3 is 10.2 Å². The Morgan fingerprint density at radius 2 is 2.27 bits per heavy atom. The maximum Gasteiger partial charge on any atom is 0.275 e. The van der Waals surface area contributed by atoms with Gasteiger partial charge in [-0.15, -0.1) is 22.7 Å². The van der Waals surface area contributed by atoms with E-state index in [1.54, 1.807) is 11.3 Å². The first-order valence-electron chi connectivity index (χ1n) is 8.00. The molecular weight excluding hydrogens is 312 g/mol. The van der Waals surface area contributed by atoms with Crippen molar-refractivity contribution in [2.45, 2.75) is 32.2 Å². The number of quaternary nitrogens is 1. The highest BCUT2D eigenvalue weighted by Gasteiger charge is 2.34. The molecule has 0 saturated carbocycles. The SMILES string of the molecule is CCCCNC(=O)C[NH+]1CCc2sccc2[C@H]1c1cccs1. The van der Waals surface area contributed by atoms with E-state index in [4.69, 9.17) is 0 Å². The molecule has 0 radical (unpaired) electrons. The van der Waals surface area contributed by atoms with E-state index in [-0.39, 0.29) is 5.91 Å². The summed E-state index contributed by atoms with van der Waals surface area (Å²) in [4.78, 5) is 16.5. The average Bonchev–Trinajstić information content (AvgIpc) is 3.18. The number of hydrogen-bond acceptors (Lipinski definition) is 3. The minimum absolute atomic E-state index is 0.184. The van der Waals surface area contributed by atoms with Gasteiger partial charge in [0.25, 0.3) is 5.91 Å². The van der Waals surface area contributed by atoms with E-state index in [0.29, 0.717) is 12.6 Å². The van der Waals surface area contributed by atoms with Crippen LogP contribution in [0.15, 0.2) is 29.0 Å². The van der Waals surface area contributed by atoms with Crippen LogP contribution in [0.4, 0.5) is 0 Å². The smallest absolute Gasteiger partial charge is 0.275 e. The number of amides is 1. The lowest BCUT2D eigenvalue weighted by molar-refractivity contribution is -0.919. The van der Waals surface area contributed by atoms with Crippen LogP contribution in [0.2, 0.25) is 0 Å². The maximum absolute atomic E-state index is 12.2. The fourth-order valence-corrected chi connectivity index (χ4v) is 4.94. The van der Waals surface area contributed by atoms with Gasteiger partial charge in [0, 0.05) is 23.4 Å². The summed E-state index contributed by atoms with van der Waals surface area (Å²) in [6, 6.07) is 6.89. The molecule has 3 nitrogen and oxygen atoms in total. The van der Waals surface area contributed by atoms with Crippen molar-refractivity contribution in [1.82, 2.24) is 5.32 Å². The standard InChI is InChI=1S/C17H22N2OS2/c1-2-3-8-18-16(20)12-19-9-6-14-13(7-11-22-14)17(19)15-5-4-10-21-15/h4-5,7,10-11,17H,2-3,6,8-9,12H2,1H3,(H,18,20)/p+1/t17-/m0/s1. The van der Waals surface area contributed by atoms with Crippen molar-refractivity contribution in [3.05, 3.63) is 44.3 Å². The molecule has 3 rings (SSSR count). The molecule has 0 saturated heterocycles. The molecule has 118 valence electrons. The van der Waals surface area contributed by atoms with E-state index < -0.39 is 0 Å². The molecule has 1 amide bonds.